The minimum absolute atomic E-state index is 0.0781. The topological polar surface area (TPSA) is 69.6 Å². The molecule has 0 saturated carbocycles. The second-order valence-electron chi connectivity index (χ2n) is 5.35. The molecule has 6 heteroatoms. The van der Waals surface area contributed by atoms with Gasteiger partial charge in [-0.25, -0.2) is 8.78 Å². The summed E-state index contributed by atoms with van der Waals surface area (Å²) in [7, 11) is 0. The van der Waals surface area contributed by atoms with Crippen molar-refractivity contribution in [3.8, 4) is 5.75 Å². The molecule has 0 aliphatic rings. The fourth-order valence-electron chi connectivity index (χ4n) is 2.19. The van der Waals surface area contributed by atoms with Crippen LogP contribution in [0.25, 0.3) is 0 Å². The number of para-hydroxylation sites is 1. The van der Waals surface area contributed by atoms with E-state index in [0.717, 1.165) is 12.1 Å². The second-order valence-corrected chi connectivity index (χ2v) is 5.35. The number of nitrogens with one attached hydrogen (secondary N) is 1. The Balaban J connectivity index is 2.14. The van der Waals surface area contributed by atoms with E-state index >= 15 is 0 Å². The summed E-state index contributed by atoms with van der Waals surface area (Å²) in [5.74, 6) is -2.79. The van der Waals surface area contributed by atoms with Crippen LogP contribution < -0.4 is 5.32 Å². The number of carbonyl (C=O) groups is 1. The van der Waals surface area contributed by atoms with E-state index in [1.165, 1.54) is 19.1 Å². The van der Waals surface area contributed by atoms with Gasteiger partial charge in [-0.2, -0.15) is 0 Å². The maximum absolute atomic E-state index is 13.2. The summed E-state index contributed by atoms with van der Waals surface area (Å²) in [6.45, 7) is 3.18. The van der Waals surface area contributed by atoms with Crippen LogP contribution in [0.5, 0.6) is 5.75 Å². The van der Waals surface area contributed by atoms with Crippen molar-refractivity contribution < 1.29 is 23.8 Å². The molecular formula is C17H17F2NO3. The summed E-state index contributed by atoms with van der Waals surface area (Å²) in [5.41, 5.74) is 0.769. The standard InChI is InChI=1S/C17H17F2NO3/c1-9-4-3-5-12(15(9)21)17(23)20-10(2)16(22)11-6-7-13(18)14(19)8-11/h3-8,10,16,21-22H,1-2H3,(H,20,23). The van der Waals surface area contributed by atoms with Crippen molar-refractivity contribution in [2.45, 2.75) is 26.0 Å². The summed E-state index contributed by atoms with van der Waals surface area (Å²) in [4.78, 5) is 12.2. The number of benzene rings is 2. The van der Waals surface area contributed by atoms with Gasteiger partial charge < -0.3 is 15.5 Å². The molecule has 2 aromatic carbocycles. The lowest BCUT2D eigenvalue weighted by molar-refractivity contribution is 0.0849. The van der Waals surface area contributed by atoms with Crippen LogP contribution in [-0.2, 0) is 0 Å². The number of aliphatic hydroxyl groups excluding tert-OH is 1. The Morgan fingerprint density at radius 3 is 2.52 bits per heavy atom. The lowest BCUT2D eigenvalue weighted by atomic mass is 10.0. The maximum Gasteiger partial charge on any atom is 0.255 e. The van der Waals surface area contributed by atoms with E-state index in [2.05, 4.69) is 5.32 Å². The van der Waals surface area contributed by atoms with Crippen LogP contribution in [0.3, 0.4) is 0 Å². The quantitative estimate of drug-likeness (QED) is 0.811. The first kappa shape index (κ1) is 16.9. The van der Waals surface area contributed by atoms with Crippen molar-refractivity contribution in [2.75, 3.05) is 0 Å². The van der Waals surface area contributed by atoms with E-state index in [1.807, 2.05) is 0 Å². The van der Waals surface area contributed by atoms with E-state index in [4.69, 9.17) is 0 Å². The molecule has 0 saturated heterocycles. The molecule has 0 aliphatic carbocycles. The lowest BCUT2D eigenvalue weighted by Gasteiger charge is -2.21. The zero-order valence-corrected chi connectivity index (χ0v) is 12.7. The molecule has 2 atom stereocenters. The number of hydrogen-bond acceptors (Lipinski definition) is 3. The number of carbonyl (C=O) groups excluding carboxylic acids is 1. The minimum atomic E-state index is -1.22. The zero-order valence-electron chi connectivity index (χ0n) is 12.7. The molecule has 3 N–H and O–H groups in total. The lowest BCUT2D eigenvalue weighted by Crippen LogP contribution is -2.37. The molecule has 2 unspecified atom stereocenters. The van der Waals surface area contributed by atoms with E-state index in [-0.39, 0.29) is 16.9 Å². The minimum Gasteiger partial charge on any atom is -0.507 e. The summed E-state index contributed by atoms with van der Waals surface area (Å²) in [6.07, 6.45) is -1.22. The molecule has 1 amide bonds. The van der Waals surface area contributed by atoms with Gasteiger partial charge in [-0.3, -0.25) is 4.79 Å². The Kier molecular flexibility index (Phi) is 4.95. The number of aryl methyl sites for hydroxylation is 1. The van der Waals surface area contributed by atoms with Crippen LogP contribution in [0.2, 0.25) is 0 Å². The van der Waals surface area contributed by atoms with Gasteiger partial charge in [-0.15, -0.1) is 0 Å². The third-order valence-corrected chi connectivity index (χ3v) is 3.60. The van der Waals surface area contributed by atoms with Crippen LogP contribution in [0.15, 0.2) is 36.4 Å². The Morgan fingerprint density at radius 1 is 1.17 bits per heavy atom. The van der Waals surface area contributed by atoms with Gasteiger partial charge in [0.25, 0.3) is 5.91 Å². The summed E-state index contributed by atoms with van der Waals surface area (Å²) in [6, 6.07) is 7.00. The molecule has 0 aromatic heterocycles. The van der Waals surface area contributed by atoms with Crippen LogP contribution in [0.4, 0.5) is 8.78 Å². The first-order valence-corrected chi connectivity index (χ1v) is 7.03. The summed E-state index contributed by atoms with van der Waals surface area (Å²) >= 11 is 0. The second kappa shape index (κ2) is 6.75. The Hall–Kier alpha value is -2.47. The normalized spacial score (nSPS) is 13.4. The third-order valence-electron chi connectivity index (χ3n) is 3.60. The molecule has 0 aliphatic heterocycles. The molecule has 23 heavy (non-hydrogen) atoms. The van der Waals surface area contributed by atoms with Gasteiger partial charge in [0.15, 0.2) is 11.6 Å². The molecule has 2 rings (SSSR count). The molecule has 4 nitrogen and oxygen atoms in total. The van der Waals surface area contributed by atoms with Gasteiger partial charge in [0.1, 0.15) is 5.75 Å². The zero-order chi connectivity index (χ0) is 17.1. The van der Waals surface area contributed by atoms with Crippen LogP contribution in [0.1, 0.15) is 34.5 Å². The molecule has 0 heterocycles. The smallest absolute Gasteiger partial charge is 0.255 e. The largest absolute Gasteiger partial charge is 0.507 e. The van der Waals surface area contributed by atoms with Crippen LogP contribution in [-0.4, -0.2) is 22.2 Å². The predicted molar refractivity (Wildman–Crippen MR) is 81.1 cm³/mol. The molecule has 0 bridgehead atoms. The number of hydrogen-bond donors (Lipinski definition) is 3. The van der Waals surface area contributed by atoms with Gasteiger partial charge in [0.2, 0.25) is 0 Å². The highest BCUT2D eigenvalue weighted by atomic mass is 19.2. The SMILES string of the molecule is Cc1cccc(C(=O)NC(C)C(O)c2ccc(F)c(F)c2)c1O. The van der Waals surface area contributed by atoms with Gasteiger partial charge >= 0.3 is 0 Å². The first-order valence-electron chi connectivity index (χ1n) is 7.03. The number of aromatic hydroxyl groups is 1. The van der Waals surface area contributed by atoms with E-state index in [0.29, 0.717) is 5.56 Å². The number of halogens is 2. The summed E-state index contributed by atoms with van der Waals surface area (Å²) in [5, 5.41) is 22.6. The third kappa shape index (κ3) is 3.65. The number of amides is 1. The fourth-order valence-corrected chi connectivity index (χ4v) is 2.19. The number of rotatable bonds is 4. The van der Waals surface area contributed by atoms with Crippen molar-refractivity contribution in [1.29, 1.82) is 0 Å². The number of aliphatic hydroxyl groups is 1. The van der Waals surface area contributed by atoms with Crippen molar-refractivity contribution >= 4 is 5.91 Å². The van der Waals surface area contributed by atoms with Gasteiger partial charge in [0.05, 0.1) is 17.7 Å². The van der Waals surface area contributed by atoms with Gasteiger partial charge in [-0.1, -0.05) is 18.2 Å². The van der Waals surface area contributed by atoms with E-state index in [9.17, 15) is 23.8 Å². The number of phenols is 1. The average molecular weight is 321 g/mol. The van der Waals surface area contributed by atoms with Crippen molar-refractivity contribution in [2.24, 2.45) is 0 Å². The predicted octanol–water partition coefficient (Wildman–Crippen LogP) is 2.83. The van der Waals surface area contributed by atoms with E-state index in [1.54, 1.807) is 19.1 Å². The Morgan fingerprint density at radius 2 is 1.87 bits per heavy atom. The van der Waals surface area contributed by atoms with Crippen LogP contribution in [0, 0.1) is 18.6 Å². The highest BCUT2D eigenvalue weighted by Crippen LogP contribution is 2.23. The van der Waals surface area contributed by atoms with Gasteiger partial charge in [0, 0.05) is 0 Å². The molecule has 2 aromatic rings. The summed E-state index contributed by atoms with van der Waals surface area (Å²) < 4.78 is 26.1. The van der Waals surface area contributed by atoms with Crippen molar-refractivity contribution in [3.63, 3.8) is 0 Å². The average Bonchev–Trinajstić information content (AvgIpc) is 2.51. The highest BCUT2D eigenvalue weighted by molar-refractivity contribution is 5.97. The van der Waals surface area contributed by atoms with Crippen molar-refractivity contribution in [1.82, 2.24) is 5.32 Å². The fraction of sp³-hybridized carbons (Fsp3) is 0.235. The Labute approximate surface area is 132 Å². The molecule has 122 valence electrons. The van der Waals surface area contributed by atoms with E-state index < -0.39 is 29.7 Å². The molecule has 0 spiro atoms. The monoisotopic (exact) mass is 321 g/mol. The Bertz CT molecular complexity index is 734. The number of phenolic OH excluding ortho intramolecular Hbond substituents is 1. The maximum atomic E-state index is 13.2. The van der Waals surface area contributed by atoms with Crippen LogP contribution >= 0.6 is 0 Å². The van der Waals surface area contributed by atoms with Gasteiger partial charge in [-0.05, 0) is 43.2 Å². The highest BCUT2D eigenvalue weighted by Gasteiger charge is 2.22. The molecule has 0 radical (unpaired) electrons. The van der Waals surface area contributed by atoms with Crippen molar-refractivity contribution in [3.05, 3.63) is 64.7 Å². The first-order chi connectivity index (χ1) is 10.8. The molecule has 0 fully saturated rings. The molecular weight excluding hydrogens is 304 g/mol.